The van der Waals surface area contributed by atoms with Gasteiger partial charge in [-0.2, -0.15) is 5.10 Å². The summed E-state index contributed by atoms with van der Waals surface area (Å²) in [4.78, 5) is 12.7. The highest BCUT2D eigenvalue weighted by atomic mass is 35.5. The molecule has 2 aromatic rings. The van der Waals surface area contributed by atoms with Crippen LogP contribution in [0.25, 0.3) is 5.69 Å². The molecule has 2 N–H and O–H groups in total. The van der Waals surface area contributed by atoms with Crippen molar-refractivity contribution in [3.8, 4) is 5.69 Å². The Kier molecular flexibility index (Phi) is 4.71. The van der Waals surface area contributed by atoms with E-state index in [1.165, 1.54) is 0 Å². The molecule has 1 fully saturated rings. The quantitative estimate of drug-likeness (QED) is 0.813. The second-order valence-electron chi connectivity index (χ2n) is 7.22. The lowest BCUT2D eigenvalue weighted by atomic mass is 9.78. The van der Waals surface area contributed by atoms with Crippen molar-refractivity contribution in [2.24, 2.45) is 0 Å². The van der Waals surface area contributed by atoms with Crippen LogP contribution >= 0.6 is 23.2 Å². The Morgan fingerprint density at radius 3 is 2.77 bits per heavy atom. The Morgan fingerprint density at radius 1 is 1.27 bits per heavy atom. The van der Waals surface area contributed by atoms with Crippen molar-refractivity contribution in [2.75, 3.05) is 6.54 Å². The molecule has 26 heavy (non-hydrogen) atoms. The summed E-state index contributed by atoms with van der Waals surface area (Å²) in [5.74, 6) is -0.185. The smallest absolute Gasteiger partial charge is 0.272 e. The second-order valence-corrected chi connectivity index (χ2v) is 8.06. The van der Waals surface area contributed by atoms with Crippen LogP contribution in [-0.2, 0) is 12.8 Å². The molecule has 4 rings (SSSR count). The summed E-state index contributed by atoms with van der Waals surface area (Å²) in [6, 6.07) is 5.27. The van der Waals surface area contributed by atoms with Crippen molar-refractivity contribution in [1.82, 2.24) is 15.1 Å². The lowest BCUT2D eigenvalue weighted by Gasteiger charge is -2.36. The molecule has 2 aliphatic carbocycles. The zero-order valence-corrected chi connectivity index (χ0v) is 15.9. The van der Waals surface area contributed by atoms with Gasteiger partial charge in [-0.25, -0.2) is 4.68 Å². The number of amides is 1. The topological polar surface area (TPSA) is 67.2 Å². The molecule has 1 heterocycles. The van der Waals surface area contributed by atoms with Crippen molar-refractivity contribution in [3.05, 3.63) is 45.2 Å². The van der Waals surface area contributed by atoms with Gasteiger partial charge in [-0.15, -0.1) is 0 Å². The number of nitrogens with one attached hydrogen (secondary N) is 1. The number of hydrogen-bond donors (Lipinski definition) is 2. The number of rotatable bonds is 5. The predicted molar refractivity (Wildman–Crippen MR) is 101 cm³/mol. The SMILES string of the molecule is O=C(NCCC1(O)CCC1)c1nn(-c2ccc(Cl)cc2Cl)c2c1CCC2. The Bertz CT molecular complexity index is 859. The number of carbonyl (C=O) groups is 1. The monoisotopic (exact) mass is 393 g/mol. The number of fused-ring (bicyclic) bond motifs is 1. The number of nitrogens with zero attached hydrogens (tertiary/aromatic N) is 2. The van der Waals surface area contributed by atoms with Crippen molar-refractivity contribution < 1.29 is 9.90 Å². The third kappa shape index (κ3) is 3.24. The largest absolute Gasteiger partial charge is 0.390 e. The first-order chi connectivity index (χ1) is 12.5. The predicted octanol–water partition coefficient (Wildman–Crippen LogP) is 3.70. The molecule has 1 aromatic heterocycles. The number of aliphatic hydroxyl groups is 1. The summed E-state index contributed by atoms with van der Waals surface area (Å²) in [5, 5.41) is 18.7. The minimum absolute atomic E-state index is 0.185. The molecule has 0 spiro atoms. The molecule has 0 radical (unpaired) electrons. The van der Waals surface area contributed by atoms with Crippen molar-refractivity contribution in [3.63, 3.8) is 0 Å². The average Bonchev–Trinajstić information content (AvgIpc) is 3.16. The van der Waals surface area contributed by atoms with Crippen LogP contribution in [-0.4, -0.2) is 32.9 Å². The molecular weight excluding hydrogens is 373 g/mol. The molecule has 1 aromatic carbocycles. The van der Waals surface area contributed by atoms with Crippen LogP contribution in [0.3, 0.4) is 0 Å². The van der Waals surface area contributed by atoms with Crippen LogP contribution in [0.4, 0.5) is 0 Å². The summed E-state index contributed by atoms with van der Waals surface area (Å²) in [5.41, 5.74) is 2.64. The van der Waals surface area contributed by atoms with E-state index in [4.69, 9.17) is 23.2 Å². The second kappa shape index (κ2) is 6.87. The van der Waals surface area contributed by atoms with E-state index in [0.717, 1.165) is 55.5 Å². The van der Waals surface area contributed by atoms with E-state index in [1.54, 1.807) is 16.8 Å². The van der Waals surface area contributed by atoms with Gasteiger partial charge in [-0.05, 0) is 63.1 Å². The molecule has 0 aliphatic heterocycles. The standard InChI is InChI=1S/C19H21Cl2N3O2/c20-12-5-6-16(14(21)11-12)24-15-4-1-3-13(15)17(23-24)18(25)22-10-9-19(26)7-2-8-19/h5-6,11,26H,1-4,7-10H2,(H,22,25). The van der Waals surface area contributed by atoms with E-state index in [2.05, 4.69) is 10.4 Å². The van der Waals surface area contributed by atoms with Crippen LogP contribution in [0.15, 0.2) is 18.2 Å². The third-order valence-electron chi connectivity index (χ3n) is 5.44. The van der Waals surface area contributed by atoms with E-state index < -0.39 is 5.60 Å². The van der Waals surface area contributed by atoms with Crippen LogP contribution in [0, 0.1) is 0 Å². The van der Waals surface area contributed by atoms with Crippen molar-refractivity contribution in [1.29, 1.82) is 0 Å². The van der Waals surface area contributed by atoms with Crippen LogP contribution in [0.5, 0.6) is 0 Å². The maximum atomic E-state index is 12.7. The van der Waals surface area contributed by atoms with E-state index in [9.17, 15) is 9.90 Å². The molecule has 0 bridgehead atoms. The van der Waals surface area contributed by atoms with Crippen LogP contribution in [0.2, 0.25) is 10.0 Å². The van der Waals surface area contributed by atoms with Gasteiger partial charge in [0.15, 0.2) is 5.69 Å². The number of benzene rings is 1. The first-order valence-corrected chi connectivity index (χ1v) is 9.79. The average molecular weight is 394 g/mol. The first-order valence-electron chi connectivity index (χ1n) is 9.04. The van der Waals surface area contributed by atoms with Gasteiger partial charge in [0.2, 0.25) is 0 Å². The molecule has 2 aliphatic rings. The van der Waals surface area contributed by atoms with Crippen LogP contribution < -0.4 is 5.32 Å². The van der Waals surface area contributed by atoms with Gasteiger partial charge in [0.25, 0.3) is 5.91 Å². The molecule has 1 saturated carbocycles. The highest BCUT2D eigenvalue weighted by Gasteiger charge is 2.34. The first kappa shape index (κ1) is 17.8. The number of halogens is 2. The van der Waals surface area contributed by atoms with Gasteiger partial charge < -0.3 is 10.4 Å². The van der Waals surface area contributed by atoms with Gasteiger partial charge >= 0.3 is 0 Å². The molecule has 0 atom stereocenters. The fourth-order valence-corrected chi connectivity index (χ4v) is 4.29. The minimum Gasteiger partial charge on any atom is -0.390 e. The van der Waals surface area contributed by atoms with Gasteiger partial charge in [0.1, 0.15) is 0 Å². The highest BCUT2D eigenvalue weighted by Crippen LogP contribution is 2.34. The van der Waals surface area contributed by atoms with Gasteiger partial charge in [0, 0.05) is 22.8 Å². The van der Waals surface area contributed by atoms with E-state index in [-0.39, 0.29) is 5.91 Å². The maximum Gasteiger partial charge on any atom is 0.272 e. The van der Waals surface area contributed by atoms with E-state index in [0.29, 0.717) is 28.7 Å². The van der Waals surface area contributed by atoms with Gasteiger partial charge in [-0.3, -0.25) is 4.79 Å². The van der Waals surface area contributed by atoms with E-state index in [1.807, 2.05) is 6.07 Å². The molecule has 7 heteroatoms. The number of carbonyl (C=O) groups excluding carboxylic acids is 1. The summed E-state index contributed by atoms with van der Waals surface area (Å²) in [6.07, 6.45) is 6.00. The lowest BCUT2D eigenvalue weighted by molar-refractivity contribution is -0.0390. The summed E-state index contributed by atoms with van der Waals surface area (Å²) < 4.78 is 1.77. The van der Waals surface area contributed by atoms with Gasteiger partial charge in [0.05, 0.1) is 16.3 Å². The fraction of sp³-hybridized carbons (Fsp3) is 0.474. The summed E-state index contributed by atoms with van der Waals surface area (Å²) in [6.45, 7) is 0.457. The lowest BCUT2D eigenvalue weighted by Crippen LogP contribution is -2.40. The highest BCUT2D eigenvalue weighted by molar-refractivity contribution is 6.35. The number of hydrogen-bond acceptors (Lipinski definition) is 3. The Morgan fingerprint density at radius 2 is 2.08 bits per heavy atom. The molecular formula is C19H21Cl2N3O2. The molecule has 138 valence electrons. The Hall–Kier alpha value is -1.56. The molecule has 5 nitrogen and oxygen atoms in total. The van der Waals surface area contributed by atoms with Gasteiger partial charge in [-0.1, -0.05) is 23.2 Å². The van der Waals surface area contributed by atoms with Crippen LogP contribution in [0.1, 0.15) is 53.8 Å². The van der Waals surface area contributed by atoms with E-state index >= 15 is 0 Å². The number of aromatic nitrogens is 2. The molecule has 1 amide bonds. The molecule has 0 unspecified atom stereocenters. The normalized spacial score (nSPS) is 17.7. The zero-order chi connectivity index (χ0) is 18.3. The third-order valence-corrected chi connectivity index (χ3v) is 5.98. The van der Waals surface area contributed by atoms with Crippen molar-refractivity contribution in [2.45, 2.75) is 50.5 Å². The maximum absolute atomic E-state index is 12.7. The Labute approximate surface area is 162 Å². The van der Waals surface area contributed by atoms with Crippen molar-refractivity contribution >= 4 is 29.1 Å². The Balaban J connectivity index is 1.56. The molecule has 0 saturated heterocycles. The fourth-order valence-electron chi connectivity index (χ4n) is 3.80. The summed E-state index contributed by atoms with van der Waals surface area (Å²) in [7, 11) is 0. The summed E-state index contributed by atoms with van der Waals surface area (Å²) >= 11 is 12.3. The zero-order valence-electron chi connectivity index (χ0n) is 14.4. The minimum atomic E-state index is -0.592.